The Morgan fingerprint density at radius 3 is 2.88 bits per heavy atom. The molecule has 90 valence electrons. The number of carbonyl (C=O) groups is 1. The van der Waals surface area contributed by atoms with Crippen molar-refractivity contribution in [1.82, 2.24) is 20.1 Å². The number of rotatable bonds is 3. The lowest BCUT2D eigenvalue weighted by molar-refractivity contribution is 0.0781. The smallest absolute Gasteiger partial charge is 0.274 e. The van der Waals surface area contributed by atoms with Crippen LogP contribution in [0.1, 0.15) is 20.4 Å². The van der Waals surface area contributed by atoms with Gasteiger partial charge in [-0.1, -0.05) is 0 Å². The number of thiazole rings is 1. The van der Waals surface area contributed by atoms with Gasteiger partial charge in [0.2, 0.25) is 0 Å². The summed E-state index contributed by atoms with van der Waals surface area (Å²) in [5, 5.41) is 7.32. The highest BCUT2D eigenvalue weighted by molar-refractivity contribution is 7.11. The number of hydrogen-bond acceptors (Lipinski definition) is 5. The highest BCUT2D eigenvalue weighted by atomic mass is 32.1. The summed E-state index contributed by atoms with van der Waals surface area (Å²) in [7, 11) is 1.72. The Bertz CT molecular complexity index is 532. The van der Waals surface area contributed by atoms with E-state index in [9.17, 15) is 4.79 Å². The van der Waals surface area contributed by atoms with Gasteiger partial charge in [-0.3, -0.25) is 9.89 Å². The van der Waals surface area contributed by atoms with Crippen molar-refractivity contribution in [1.29, 1.82) is 0 Å². The molecule has 1 amide bonds. The number of hydrogen-bond donors (Lipinski definition) is 2. The minimum Gasteiger partial charge on any atom is -0.396 e. The number of nitrogens with one attached hydrogen (secondary N) is 1. The third-order valence-corrected chi connectivity index (χ3v) is 3.19. The zero-order valence-corrected chi connectivity index (χ0v) is 10.4. The SMILES string of the molecule is Cc1ncc(CN(C)C(=O)c2[nH]ncc2N)s1. The maximum absolute atomic E-state index is 12.0. The number of H-pyrrole nitrogens is 1. The second-order valence-electron chi connectivity index (χ2n) is 3.71. The van der Waals surface area contributed by atoms with Crippen LogP contribution >= 0.6 is 11.3 Å². The standard InChI is InChI=1S/C10H13N5OS/c1-6-12-3-7(17-6)5-15(2)10(16)9-8(11)4-13-14-9/h3-4H,5,11H2,1-2H3,(H,13,14). The molecule has 0 radical (unpaired) electrons. The summed E-state index contributed by atoms with van der Waals surface area (Å²) in [6, 6.07) is 0. The van der Waals surface area contributed by atoms with Crippen LogP contribution in [0.2, 0.25) is 0 Å². The molecule has 0 spiro atoms. The Labute approximate surface area is 102 Å². The van der Waals surface area contributed by atoms with Crippen LogP contribution in [-0.4, -0.2) is 33.0 Å². The van der Waals surface area contributed by atoms with Crippen LogP contribution in [0.3, 0.4) is 0 Å². The Morgan fingerprint density at radius 1 is 1.59 bits per heavy atom. The fourth-order valence-corrected chi connectivity index (χ4v) is 2.29. The highest BCUT2D eigenvalue weighted by Crippen LogP contribution is 2.15. The molecule has 0 saturated carbocycles. The summed E-state index contributed by atoms with van der Waals surface area (Å²) in [6.07, 6.45) is 3.21. The summed E-state index contributed by atoms with van der Waals surface area (Å²) in [5.74, 6) is -0.175. The van der Waals surface area contributed by atoms with E-state index in [0.717, 1.165) is 9.88 Å². The van der Waals surface area contributed by atoms with E-state index in [1.165, 1.54) is 6.20 Å². The second-order valence-corrected chi connectivity index (χ2v) is 5.03. The molecule has 0 unspecified atom stereocenters. The van der Waals surface area contributed by atoms with Crippen LogP contribution in [-0.2, 0) is 6.54 Å². The molecule has 0 aromatic carbocycles. The number of aryl methyl sites for hydroxylation is 1. The lowest BCUT2D eigenvalue weighted by Gasteiger charge is -2.14. The fourth-order valence-electron chi connectivity index (χ4n) is 1.44. The number of nitrogen functional groups attached to an aromatic ring is 1. The van der Waals surface area contributed by atoms with E-state index in [-0.39, 0.29) is 5.91 Å². The van der Waals surface area contributed by atoms with Gasteiger partial charge < -0.3 is 10.6 Å². The zero-order valence-electron chi connectivity index (χ0n) is 9.60. The van der Waals surface area contributed by atoms with Gasteiger partial charge in [-0.2, -0.15) is 5.10 Å². The minimum absolute atomic E-state index is 0.175. The predicted octanol–water partition coefficient (Wildman–Crippen LogP) is 1.03. The lowest BCUT2D eigenvalue weighted by Crippen LogP contribution is -2.26. The normalized spacial score (nSPS) is 10.5. The Balaban J connectivity index is 2.08. The van der Waals surface area contributed by atoms with Crippen molar-refractivity contribution in [3.05, 3.63) is 28.0 Å². The molecule has 7 heteroatoms. The molecule has 0 saturated heterocycles. The van der Waals surface area contributed by atoms with Crippen molar-refractivity contribution in [2.24, 2.45) is 0 Å². The number of nitrogens with zero attached hydrogens (tertiary/aromatic N) is 3. The first-order valence-corrected chi connectivity index (χ1v) is 5.85. The van der Waals surface area contributed by atoms with Crippen molar-refractivity contribution >= 4 is 22.9 Å². The molecular formula is C10H13N5OS. The summed E-state index contributed by atoms with van der Waals surface area (Å²) in [5.41, 5.74) is 6.32. The molecule has 6 nitrogen and oxygen atoms in total. The van der Waals surface area contributed by atoms with E-state index in [4.69, 9.17) is 5.73 Å². The van der Waals surface area contributed by atoms with Crippen LogP contribution in [0.15, 0.2) is 12.4 Å². The molecule has 0 aliphatic rings. The summed E-state index contributed by atoms with van der Waals surface area (Å²) >= 11 is 1.57. The first kappa shape index (κ1) is 11.6. The molecule has 0 aliphatic heterocycles. The van der Waals surface area contributed by atoms with Crippen molar-refractivity contribution in [2.75, 3.05) is 12.8 Å². The maximum Gasteiger partial charge on any atom is 0.274 e. The van der Waals surface area contributed by atoms with E-state index < -0.39 is 0 Å². The Hall–Kier alpha value is -1.89. The van der Waals surface area contributed by atoms with Crippen LogP contribution in [0.25, 0.3) is 0 Å². The summed E-state index contributed by atoms with van der Waals surface area (Å²) in [6.45, 7) is 2.45. The van der Waals surface area contributed by atoms with Gasteiger partial charge in [-0.25, -0.2) is 4.98 Å². The predicted molar refractivity (Wildman–Crippen MR) is 65.6 cm³/mol. The first-order chi connectivity index (χ1) is 8.08. The molecule has 2 aromatic rings. The van der Waals surface area contributed by atoms with E-state index in [0.29, 0.717) is 17.9 Å². The van der Waals surface area contributed by atoms with E-state index >= 15 is 0 Å². The number of aromatic amines is 1. The third kappa shape index (κ3) is 2.44. The monoisotopic (exact) mass is 251 g/mol. The minimum atomic E-state index is -0.175. The molecule has 0 aliphatic carbocycles. The molecule has 0 fully saturated rings. The lowest BCUT2D eigenvalue weighted by atomic mass is 10.3. The van der Waals surface area contributed by atoms with Gasteiger partial charge in [-0.05, 0) is 6.92 Å². The van der Waals surface area contributed by atoms with Crippen molar-refractivity contribution in [2.45, 2.75) is 13.5 Å². The molecule has 2 heterocycles. The van der Waals surface area contributed by atoms with Gasteiger partial charge in [-0.15, -0.1) is 11.3 Å². The van der Waals surface area contributed by atoms with Gasteiger partial charge >= 0.3 is 0 Å². The number of aromatic nitrogens is 3. The van der Waals surface area contributed by atoms with Crippen LogP contribution in [0.5, 0.6) is 0 Å². The van der Waals surface area contributed by atoms with Gasteiger partial charge in [0.1, 0.15) is 5.69 Å². The quantitative estimate of drug-likeness (QED) is 0.852. The highest BCUT2D eigenvalue weighted by Gasteiger charge is 2.17. The van der Waals surface area contributed by atoms with Crippen molar-refractivity contribution in [3.8, 4) is 0 Å². The number of amides is 1. The Morgan fingerprint density at radius 2 is 2.35 bits per heavy atom. The number of anilines is 1. The average molecular weight is 251 g/mol. The molecule has 17 heavy (non-hydrogen) atoms. The number of carbonyl (C=O) groups excluding carboxylic acids is 1. The van der Waals surface area contributed by atoms with Gasteiger partial charge in [0.15, 0.2) is 0 Å². The molecular weight excluding hydrogens is 238 g/mol. The summed E-state index contributed by atoms with van der Waals surface area (Å²) < 4.78 is 0. The maximum atomic E-state index is 12.0. The van der Waals surface area contributed by atoms with Gasteiger partial charge in [0, 0.05) is 18.1 Å². The second kappa shape index (κ2) is 4.54. The number of nitrogens with two attached hydrogens (primary N) is 1. The largest absolute Gasteiger partial charge is 0.396 e. The van der Waals surface area contributed by atoms with Gasteiger partial charge in [0.05, 0.1) is 23.4 Å². The van der Waals surface area contributed by atoms with Crippen molar-refractivity contribution < 1.29 is 4.79 Å². The topological polar surface area (TPSA) is 87.9 Å². The molecule has 3 N–H and O–H groups in total. The van der Waals surface area contributed by atoms with E-state index in [1.807, 2.05) is 6.92 Å². The third-order valence-electron chi connectivity index (χ3n) is 2.29. The van der Waals surface area contributed by atoms with Crippen LogP contribution in [0, 0.1) is 6.92 Å². The van der Waals surface area contributed by atoms with Crippen LogP contribution < -0.4 is 5.73 Å². The van der Waals surface area contributed by atoms with Gasteiger partial charge in [0.25, 0.3) is 5.91 Å². The van der Waals surface area contributed by atoms with E-state index in [2.05, 4.69) is 15.2 Å². The van der Waals surface area contributed by atoms with Crippen LogP contribution in [0.4, 0.5) is 5.69 Å². The molecule has 0 bridgehead atoms. The summed E-state index contributed by atoms with van der Waals surface area (Å²) in [4.78, 5) is 18.8. The molecule has 2 rings (SSSR count). The fraction of sp³-hybridized carbons (Fsp3) is 0.300. The average Bonchev–Trinajstić information content (AvgIpc) is 2.86. The first-order valence-electron chi connectivity index (χ1n) is 5.03. The van der Waals surface area contributed by atoms with Crippen molar-refractivity contribution in [3.63, 3.8) is 0 Å². The molecule has 2 aromatic heterocycles. The Kier molecular flexibility index (Phi) is 3.10. The molecule has 0 atom stereocenters. The zero-order chi connectivity index (χ0) is 12.4. The van der Waals surface area contributed by atoms with E-state index in [1.54, 1.807) is 29.5 Å².